The fraction of sp³-hybridized carbons (Fsp3) is 0.350. The first kappa shape index (κ1) is 18.7. The summed E-state index contributed by atoms with van der Waals surface area (Å²) >= 11 is 3.43. The van der Waals surface area contributed by atoms with Crippen LogP contribution in [0.2, 0.25) is 0 Å². The number of ether oxygens (including phenoxy) is 2. The Hall–Kier alpha value is -2.05. The molecule has 0 unspecified atom stereocenters. The van der Waals surface area contributed by atoms with Crippen LogP contribution in [0, 0.1) is 0 Å². The number of rotatable bonds is 6. The van der Waals surface area contributed by atoms with Crippen LogP contribution >= 0.6 is 15.9 Å². The van der Waals surface area contributed by atoms with Crippen molar-refractivity contribution in [2.45, 2.75) is 19.0 Å². The van der Waals surface area contributed by atoms with E-state index in [1.165, 1.54) is 5.56 Å². The summed E-state index contributed by atoms with van der Waals surface area (Å²) in [5, 5.41) is 3.13. The number of benzene rings is 2. The molecule has 0 radical (unpaired) electrons. The van der Waals surface area contributed by atoms with E-state index in [0.29, 0.717) is 21.5 Å². The van der Waals surface area contributed by atoms with Gasteiger partial charge in [0.2, 0.25) is 0 Å². The topological polar surface area (TPSA) is 50.8 Å². The third kappa shape index (κ3) is 4.37. The first-order chi connectivity index (χ1) is 12.6. The van der Waals surface area contributed by atoms with Crippen LogP contribution in [-0.4, -0.2) is 44.2 Å². The van der Waals surface area contributed by atoms with E-state index >= 15 is 0 Å². The molecule has 0 spiro atoms. The lowest BCUT2D eigenvalue weighted by molar-refractivity contribution is 0.0934. The highest BCUT2D eigenvalue weighted by Crippen LogP contribution is 2.33. The van der Waals surface area contributed by atoms with Crippen LogP contribution in [-0.2, 0) is 6.54 Å². The predicted octanol–water partition coefficient (Wildman–Crippen LogP) is 3.47. The van der Waals surface area contributed by atoms with Gasteiger partial charge in [-0.05, 0) is 40.0 Å². The maximum Gasteiger partial charge on any atom is 0.255 e. The van der Waals surface area contributed by atoms with E-state index in [1.54, 1.807) is 26.4 Å². The van der Waals surface area contributed by atoms with Crippen molar-refractivity contribution < 1.29 is 14.3 Å². The minimum Gasteiger partial charge on any atom is -0.497 e. The number of carbonyl (C=O) groups excluding carboxylic acids is 1. The molecule has 0 bridgehead atoms. The van der Waals surface area contributed by atoms with Crippen LogP contribution in [0.4, 0.5) is 0 Å². The molecule has 0 aliphatic carbocycles. The lowest BCUT2D eigenvalue weighted by Crippen LogP contribution is -2.37. The number of amides is 1. The van der Waals surface area contributed by atoms with Crippen molar-refractivity contribution in [1.82, 2.24) is 10.2 Å². The molecule has 1 fully saturated rings. The largest absolute Gasteiger partial charge is 0.497 e. The zero-order valence-corrected chi connectivity index (χ0v) is 16.6. The van der Waals surface area contributed by atoms with Crippen molar-refractivity contribution in [3.05, 3.63) is 58.1 Å². The van der Waals surface area contributed by atoms with Crippen LogP contribution in [0.25, 0.3) is 0 Å². The number of hydrogen-bond donors (Lipinski definition) is 1. The maximum atomic E-state index is 12.8. The number of likely N-dealkylation sites (tertiary alicyclic amines) is 1. The molecule has 1 amide bonds. The number of nitrogens with one attached hydrogen (secondary N) is 1. The predicted molar refractivity (Wildman–Crippen MR) is 105 cm³/mol. The fourth-order valence-electron chi connectivity index (χ4n) is 3.26. The first-order valence-corrected chi connectivity index (χ1v) is 9.38. The molecule has 1 aliphatic rings. The molecule has 1 atom stereocenters. The second-order valence-corrected chi connectivity index (χ2v) is 7.22. The quantitative estimate of drug-likeness (QED) is 0.779. The summed E-state index contributed by atoms with van der Waals surface area (Å²) in [5.41, 5.74) is 1.76. The molecule has 1 saturated heterocycles. The fourth-order valence-corrected chi connectivity index (χ4v) is 3.86. The lowest BCUT2D eigenvalue weighted by Gasteiger charge is -2.18. The van der Waals surface area contributed by atoms with Crippen molar-refractivity contribution in [2.24, 2.45) is 0 Å². The normalized spacial score (nSPS) is 17.1. The van der Waals surface area contributed by atoms with Crippen molar-refractivity contribution in [3.8, 4) is 11.5 Å². The van der Waals surface area contributed by atoms with Gasteiger partial charge in [0.25, 0.3) is 5.91 Å². The highest BCUT2D eigenvalue weighted by molar-refractivity contribution is 9.10. The van der Waals surface area contributed by atoms with E-state index < -0.39 is 0 Å². The van der Waals surface area contributed by atoms with Crippen molar-refractivity contribution in [3.63, 3.8) is 0 Å². The monoisotopic (exact) mass is 418 g/mol. The minimum atomic E-state index is -0.145. The number of hydrogen-bond acceptors (Lipinski definition) is 4. The van der Waals surface area contributed by atoms with Crippen LogP contribution in [0.3, 0.4) is 0 Å². The molecule has 1 N–H and O–H groups in total. The molecule has 1 aliphatic heterocycles. The van der Waals surface area contributed by atoms with Gasteiger partial charge in [-0.2, -0.15) is 0 Å². The lowest BCUT2D eigenvalue weighted by atomic mass is 10.1. The van der Waals surface area contributed by atoms with Gasteiger partial charge < -0.3 is 14.8 Å². The van der Waals surface area contributed by atoms with E-state index in [-0.39, 0.29) is 11.9 Å². The minimum absolute atomic E-state index is 0.126. The molecule has 0 aromatic heterocycles. The van der Waals surface area contributed by atoms with Gasteiger partial charge in [-0.25, -0.2) is 0 Å². The van der Waals surface area contributed by atoms with E-state index in [1.807, 2.05) is 6.07 Å². The van der Waals surface area contributed by atoms with Gasteiger partial charge in [-0.3, -0.25) is 9.69 Å². The molecule has 0 saturated carbocycles. The van der Waals surface area contributed by atoms with Gasteiger partial charge in [0.15, 0.2) is 0 Å². The summed E-state index contributed by atoms with van der Waals surface area (Å²) in [4.78, 5) is 15.1. The van der Waals surface area contributed by atoms with Gasteiger partial charge in [-0.15, -0.1) is 0 Å². The SMILES string of the molecule is COc1cc(Br)c(OC)c(C(=O)N[C@H]2CCN(Cc3ccccc3)C2)c1. The summed E-state index contributed by atoms with van der Waals surface area (Å²) in [6.07, 6.45) is 0.937. The zero-order chi connectivity index (χ0) is 18.5. The van der Waals surface area contributed by atoms with Gasteiger partial charge in [0.1, 0.15) is 11.5 Å². The maximum absolute atomic E-state index is 12.8. The van der Waals surface area contributed by atoms with E-state index in [0.717, 1.165) is 26.1 Å². The van der Waals surface area contributed by atoms with Crippen LogP contribution in [0.15, 0.2) is 46.9 Å². The van der Waals surface area contributed by atoms with E-state index in [9.17, 15) is 4.79 Å². The number of nitrogens with zero attached hydrogens (tertiary/aromatic N) is 1. The molecule has 2 aromatic carbocycles. The van der Waals surface area contributed by atoms with Crippen molar-refractivity contribution >= 4 is 21.8 Å². The van der Waals surface area contributed by atoms with Crippen LogP contribution in [0.5, 0.6) is 11.5 Å². The van der Waals surface area contributed by atoms with Crippen molar-refractivity contribution in [1.29, 1.82) is 0 Å². The van der Waals surface area contributed by atoms with Gasteiger partial charge >= 0.3 is 0 Å². The summed E-state index contributed by atoms with van der Waals surface area (Å²) in [5.74, 6) is 0.982. The number of methoxy groups -OCH3 is 2. The van der Waals surface area contributed by atoms with Crippen molar-refractivity contribution in [2.75, 3.05) is 27.3 Å². The Morgan fingerprint density at radius 1 is 1.23 bits per heavy atom. The average molecular weight is 419 g/mol. The molecule has 6 heteroatoms. The smallest absolute Gasteiger partial charge is 0.255 e. The molecule has 1 heterocycles. The van der Waals surface area contributed by atoms with Gasteiger partial charge in [-0.1, -0.05) is 30.3 Å². The summed E-state index contributed by atoms with van der Waals surface area (Å²) in [6.45, 7) is 2.72. The molecule has 26 heavy (non-hydrogen) atoms. The van der Waals surface area contributed by atoms with Gasteiger partial charge in [0.05, 0.1) is 24.3 Å². The van der Waals surface area contributed by atoms with Crippen LogP contribution < -0.4 is 14.8 Å². The molecular weight excluding hydrogens is 396 g/mol. The second-order valence-electron chi connectivity index (χ2n) is 6.37. The summed E-state index contributed by atoms with van der Waals surface area (Å²) < 4.78 is 11.3. The van der Waals surface area contributed by atoms with Crippen LogP contribution in [0.1, 0.15) is 22.3 Å². The standard InChI is InChI=1S/C20H23BrN2O3/c1-25-16-10-17(19(26-2)18(21)11-16)20(24)22-15-8-9-23(13-15)12-14-6-4-3-5-7-14/h3-7,10-11,15H,8-9,12-13H2,1-2H3,(H,22,24)/t15-/m0/s1. The molecule has 3 rings (SSSR count). The Morgan fingerprint density at radius 2 is 2.00 bits per heavy atom. The van der Waals surface area contributed by atoms with Gasteiger partial charge in [0, 0.05) is 25.7 Å². The van der Waals surface area contributed by atoms with E-state index in [4.69, 9.17) is 9.47 Å². The van der Waals surface area contributed by atoms with E-state index in [2.05, 4.69) is 50.4 Å². The Kier molecular flexibility index (Phi) is 6.16. The zero-order valence-electron chi connectivity index (χ0n) is 15.0. The Balaban J connectivity index is 1.65. The highest BCUT2D eigenvalue weighted by Gasteiger charge is 2.26. The summed E-state index contributed by atoms with van der Waals surface area (Å²) in [6, 6.07) is 14.0. The Labute approximate surface area is 162 Å². The Morgan fingerprint density at radius 3 is 2.69 bits per heavy atom. The highest BCUT2D eigenvalue weighted by atomic mass is 79.9. The third-order valence-electron chi connectivity index (χ3n) is 4.56. The molecule has 2 aromatic rings. The third-order valence-corrected chi connectivity index (χ3v) is 5.15. The summed E-state index contributed by atoms with van der Waals surface area (Å²) in [7, 11) is 3.13. The molecule has 5 nitrogen and oxygen atoms in total. The number of halogens is 1. The molecule has 138 valence electrons. The first-order valence-electron chi connectivity index (χ1n) is 8.59. The second kappa shape index (κ2) is 8.56. The molecular formula is C20H23BrN2O3. The number of carbonyl (C=O) groups is 1. The Bertz CT molecular complexity index is 767. The average Bonchev–Trinajstić information content (AvgIpc) is 3.08.